The van der Waals surface area contributed by atoms with Crippen LogP contribution < -0.4 is 15.2 Å². The van der Waals surface area contributed by atoms with E-state index in [2.05, 4.69) is 4.74 Å². The second-order valence-corrected chi connectivity index (χ2v) is 3.34. The van der Waals surface area contributed by atoms with Crippen molar-refractivity contribution in [3.8, 4) is 11.5 Å². The summed E-state index contributed by atoms with van der Waals surface area (Å²) in [6, 6.07) is 1.35. The molecule has 0 heterocycles. The molecule has 0 unspecified atom stereocenters. The van der Waals surface area contributed by atoms with Crippen LogP contribution in [0.4, 0.5) is 10.1 Å². The molecule has 1 aromatic carbocycles. The standard InChI is InChI=1S/C12H16FNO4/c1-4-17-8-6-7(14)9(12(15)16-3)10(13)11(8)18-5-2/h6H,4-5,14H2,1-3H3. The lowest BCUT2D eigenvalue weighted by atomic mass is 10.1. The molecule has 0 spiro atoms. The largest absolute Gasteiger partial charge is 0.490 e. The van der Waals surface area contributed by atoms with Crippen LogP contribution in [0.3, 0.4) is 0 Å². The van der Waals surface area contributed by atoms with E-state index in [4.69, 9.17) is 15.2 Å². The van der Waals surface area contributed by atoms with Gasteiger partial charge in [-0.3, -0.25) is 0 Å². The Hall–Kier alpha value is -1.98. The molecule has 0 saturated carbocycles. The normalized spacial score (nSPS) is 10.0. The lowest BCUT2D eigenvalue weighted by Gasteiger charge is -2.15. The number of anilines is 1. The van der Waals surface area contributed by atoms with Crippen LogP contribution in [0.15, 0.2) is 6.07 Å². The number of nitrogen functional groups attached to an aromatic ring is 1. The lowest BCUT2D eigenvalue weighted by molar-refractivity contribution is 0.0595. The third kappa shape index (κ3) is 2.64. The highest BCUT2D eigenvalue weighted by molar-refractivity contribution is 5.96. The van der Waals surface area contributed by atoms with Crippen molar-refractivity contribution in [2.75, 3.05) is 26.1 Å². The van der Waals surface area contributed by atoms with E-state index >= 15 is 0 Å². The Balaban J connectivity index is 3.39. The Morgan fingerprint density at radius 1 is 1.33 bits per heavy atom. The molecule has 0 aliphatic carbocycles. The number of methoxy groups -OCH3 is 1. The fourth-order valence-electron chi connectivity index (χ4n) is 1.48. The van der Waals surface area contributed by atoms with E-state index in [1.807, 2.05) is 0 Å². The third-order valence-electron chi connectivity index (χ3n) is 2.20. The van der Waals surface area contributed by atoms with Gasteiger partial charge < -0.3 is 19.9 Å². The van der Waals surface area contributed by atoms with Gasteiger partial charge in [-0.05, 0) is 13.8 Å². The van der Waals surface area contributed by atoms with Gasteiger partial charge in [0.1, 0.15) is 5.56 Å². The second kappa shape index (κ2) is 6.09. The van der Waals surface area contributed by atoms with Crippen LogP contribution in [0, 0.1) is 5.82 Å². The highest BCUT2D eigenvalue weighted by Gasteiger charge is 2.24. The van der Waals surface area contributed by atoms with Crippen molar-refractivity contribution >= 4 is 11.7 Å². The molecule has 1 aromatic rings. The molecule has 0 radical (unpaired) electrons. The van der Waals surface area contributed by atoms with Crippen molar-refractivity contribution in [3.05, 3.63) is 17.4 Å². The van der Waals surface area contributed by atoms with Crippen LogP contribution in [-0.2, 0) is 4.74 Å². The van der Waals surface area contributed by atoms with E-state index in [1.165, 1.54) is 6.07 Å². The van der Waals surface area contributed by atoms with Crippen molar-refractivity contribution < 1.29 is 23.4 Å². The summed E-state index contributed by atoms with van der Waals surface area (Å²) < 4.78 is 29.0. The van der Waals surface area contributed by atoms with Crippen LogP contribution in [0.2, 0.25) is 0 Å². The summed E-state index contributed by atoms with van der Waals surface area (Å²) in [5.74, 6) is -1.68. The number of hydrogen-bond donors (Lipinski definition) is 1. The molecule has 0 aromatic heterocycles. The van der Waals surface area contributed by atoms with Crippen molar-refractivity contribution in [1.82, 2.24) is 0 Å². The summed E-state index contributed by atoms with van der Waals surface area (Å²) in [6.45, 7) is 4.01. The number of carbonyl (C=O) groups is 1. The second-order valence-electron chi connectivity index (χ2n) is 3.34. The van der Waals surface area contributed by atoms with Gasteiger partial charge >= 0.3 is 5.97 Å². The number of rotatable bonds is 5. The minimum atomic E-state index is -0.868. The van der Waals surface area contributed by atoms with Gasteiger partial charge in [-0.25, -0.2) is 9.18 Å². The van der Waals surface area contributed by atoms with Gasteiger partial charge in [-0.15, -0.1) is 0 Å². The molecule has 100 valence electrons. The quantitative estimate of drug-likeness (QED) is 0.645. The maximum atomic E-state index is 14.2. The van der Waals surface area contributed by atoms with Crippen LogP contribution in [-0.4, -0.2) is 26.3 Å². The van der Waals surface area contributed by atoms with Crippen LogP contribution in [0.5, 0.6) is 11.5 Å². The topological polar surface area (TPSA) is 70.8 Å². The monoisotopic (exact) mass is 257 g/mol. The molecular formula is C12H16FNO4. The highest BCUT2D eigenvalue weighted by Crippen LogP contribution is 2.36. The van der Waals surface area contributed by atoms with Gasteiger partial charge in [-0.2, -0.15) is 0 Å². The first kappa shape index (κ1) is 14.1. The van der Waals surface area contributed by atoms with E-state index in [-0.39, 0.29) is 29.4 Å². The molecule has 0 amide bonds. The lowest BCUT2D eigenvalue weighted by Crippen LogP contribution is -2.12. The minimum Gasteiger partial charge on any atom is -0.490 e. The smallest absolute Gasteiger partial charge is 0.343 e. The molecule has 2 N–H and O–H groups in total. The summed E-state index contributed by atoms with van der Waals surface area (Å²) >= 11 is 0. The number of esters is 1. The number of carbonyl (C=O) groups excluding carboxylic acids is 1. The van der Waals surface area contributed by atoms with Gasteiger partial charge in [-0.1, -0.05) is 0 Å². The van der Waals surface area contributed by atoms with Crippen molar-refractivity contribution in [3.63, 3.8) is 0 Å². The SMILES string of the molecule is CCOc1cc(N)c(C(=O)OC)c(F)c1OCC. The van der Waals surface area contributed by atoms with Crippen molar-refractivity contribution in [2.24, 2.45) is 0 Å². The highest BCUT2D eigenvalue weighted by atomic mass is 19.1. The Morgan fingerprint density at radius 3 is 2.44 bits per heavy atom. The molecule has 0 aliphatic rings. The van der Waals surface area contributed by atoms with Crippen LogP contribution in [0.1, 0.15) is 24.2 Å². The van der Waals surface area contributed by atoms with E-state index in [0.29, 0.717) is 6.61 Å². The van der Waals surface area contributed by atoms with Crippen molar-refractivity contribution in [2.45, 2.75) is 13.8 Å². The number of hydrogen-bond acceptors (Lipinski definition) is 5. The first-order valence-corrected chi connectivity index (χ1v) is 5.52. The molecule has 6 heteroatoms. The summed E-state index contributed by atoms with van der Waals surface area (Å²) in [4.78, 5) is 11.4. The predicted octanol–water partition coefficient (Wildman–Crippen LogP) is 1.99. The number of benzene rings is 1. The summed E-state index contributed by atoms with van der Waals surface area (Å²) in [6.07, 6.45) is 0. The summed E-state index contributed by atoms with van der Waals surface area (Å²) in [7, 11) is 1.15. The Morgan fingerprint density at radius 2 is 1.94 bits per heavy atom. The first-order valence-electron chi connectivity index (χ1n) is 5.52. The van der Waals surface area contributed by atoms with Crippen molar-refractivity contribution in [1.29, 1.82) is 0 Å². The molecule has 18 heavy (non-hydrogen) atoms. The van der Waals surface area contributed by atoms with Gasteiger partial charge in [0, 0.05) is 6.07 Å². The molecule has 0 atom stereocenters. The van der Waals surface area contributed by atoms with Crippen LogP contribution >= 0.6 is 0 Å². The van der Waals surface area contributed by atoms with Gasteiger partial charge in [0.15, 0.2) is 17.3 Å². The zero-order valence-corrected chi connectivity index (χ0v) is 10.6. The Bertz CT molecular complexity index is 448. The first-order chi connectivity index (χ1) is 8.56. The number of nitrogens with two attached hydrogens (primary N) is 1. The van der Waals surface area contributed by atoms with Gasteiger partial charge in [0.05, 0.1) is 26.0 Å². The maximum Gasteiger partial charge on any atom is 0.343 e. The predicted molar refractivity (Wildman–Crippen MR) is 64.5 cm³/mol. The average molecular weight is 257 g/mol. The average Bonchev–Trinajstić information content (AvgIpc) is 2.34. The summed E-state index contributed by atoms with van der Waals surface area (Å²) in [5.41, 5.74) is 5.22. The van der Waals surface area contributed by atoms with E-state index in [0.717, 1.165) is 7.11 Å². The number of halogens is 1. The molecule has 1 rings (SSSR count). The zero-order valence-electron chi connectivity index (χ0n) is 10.6. The molecule has 0 aliphatic heterocycles. The fraction of sp³-hybridized carbons (Fsp3) is 0.417. The number of ether oxygens (including phenoxy) is 3. The molecule has 0 fully saturated rings. The molecule has 0 bridgehead atoms. The summed E-state index contributed by atoms with van der Waals surface area (Å²) in [5, 5.41) is 0. The van der Waals surface area contributed by atoms with Crippen LogP contribution in [0.25, 0.3) is 0 Å². The van der Waals surface area contributed by atoms with E-state index < -0.39 is 11.8 Å². The third-order valence-corrected chi connectivity index (χ3v) is 2.20. The molecule has 5 nitrogen and oxygen atoms in total. The molecular weight excluding hydrogens is 241 g/mol. The van der Waals surface area contributed by atoms with E-state index in [9.17, 15) is 9.18 Å². The van der Waals surface area contributed by atoms with Gasteiger partial charge in [0.2, 0.25) is 0 Å². The molecule has 0 saturated heterocycles. The van der Waals surface area contributed by atoms with Gasteiger partial charge in [0.25, 0.3) is 0 Å². The zero-order chi connectivity index (χ0) is 13.7. The Kier molecular flexibility index (Phi) is 4.76. The van der Waals surface area contributed by atoms with E-state index in [1.54, 1.807) is 13.8 Å². The fourth-order valence-corrected chi connectivity index (χ4v) is 1.48. The Labute approximate surface area is 105 Å². The maximum absolute atomic E-state index is 14.2. The minimum absolute atomic E-state index is 0.0498.